The second kappa shape index (κ2) is 11.3. The lowest BCUT2D eigenvalue weighted by atomic mass is 9.95. The molecule has 0 radical (unpaired) electrons. The van der Waals surface area contributed by atoms with Crippen LogP contribution in [-0.4, -0.2) is 83.1 Å². The molecule has 4 heterocycles. The van der Waals surface area contributed by atoms with E-state index in [1.807, 2.05) is 7.05 Å². The van der Waals surface area contributed by atoms with E-state index in [-0.39, 0.29) is 69.3 Å². The molecule has 9 nitrogen and oxygen atoms in total. The summed E-state index contributed by atoms with van der Waals surface area (Å²) in [6.07, 6.45) is -0.0844. The Bertz CT molecular complexity index is 1930. The van der Waals surface area contributed by atoms with Crippen molar-refractivity contribution in [3.05, 3.63) is 48.1 Å². The molecule has 2 N–H and O–H groups in total. The molecule has 0 bridgehead atoms. The molecule has 2 aromatic carbocycles. The quantitative estimate of drug-likeness (QED) is 0.192. The average molecular weight is 674 g/mol. The highest BCUT2D eigenvalue weighted by Gasteiger charge is 2.51. The lowest BCUT2D eigenvalue weighted by molar-refractivity contribution is -0.137. The van der Waals surface area contributed by atoms with Gasteiger partial charge in [0.25, 0.3) is 0 Å². The van der Waals surface area contributed by atoms with Crippen molar-refractivity contribution in [1.82, 2.24) is 24.8 Å². The SMILES string of the molecule is C=CC(=O)N1CC[C@@H](N(C)c2nc(OC[C@@H]3CC4(CC4)CN3C)nc3c(F)c(-c4ccc(F)c5sc(N)nc45)c(C(F)(F)F)cc23)C1. The molecule has 2 saturated heterocycles. The number of nitrogens with zero attached hydrogens (tertiary/aromatic N) is 6. The van der Waals surface area contributed by atoms with Gasteiger partial charge in [0.05, 0.1) is 15.8 Å². The van der Waals surface area contributed by atoms with Gasteiger partial charge in [0.1, 0.15) is 23.8 Å². The number of halogens is 5. The number of hydrogen-bond donors (Lipinski definition) is 1. The first-order valence-electron chi connectivity index (χ1n) is 15.2. The number of anilines is 2. The van der Waals surface area contributed by atoms with E-state index in [1.165, 1.54) is 6.08 Å². The molecule has 0 unspecified atom stereocenters. The number of likely N-dealkylation sites (tertiary alicyclic amines) is 2. The molecule has 2 aliphatic heterocycles. The van der Waals surface area contributed by atoms with Crippen LogP contribution in [0.1, 0.15) is 31.2 Å². The van der Waals surface area contributed by atoms with Gasteiger partial charge in [-0.05, 0) is 62.4 Å². The minimum absolute atomic E-state index is 0.0273. The highest BCUT2D eigenvalue weighted by molar-refractivity contribution is 7.22. The van der Waals surface area contributed by atoms with E-state index in [2.05, 4.69) is 26.4 Å². The minimum atomic E-state index is -5.02. The van der Waals surface area contributed by atoms with E-state index >= 15 is 4.39 Å². The Labute approximate surface area is 270 Å². The monoisotopic (exact) mass is 673 g/mol. The Kier molecular flexibility index (Phi) is 7.54. The van der Waals surface area contributed by atoms with Crippen LogP contribution in [0.25, 0.3) is 32.2 Å². The van der Waals surface area contributed by atoms with Crippen molar-refractivity contribution < 1.29 is 31.5 Å². The van der Waals surface area contributed by atoms with Gasteiger partial charge in [0.15, 0.2) is 10.9 Å². The fraction of sp³-hybridized carbons (Fsp3) is 0.438. The van der Waals surface area contributed by atoms with Crippen LogP contribution in [0.2, 0.25) is 0 Å². The molecule has 47 heavy (non-hydrogen) atoms. The van der Waals surface area contributed by atoms with Gasteiger partial charge in [0, 0.05) is 55.3 Å². The Hall–Kier alpha value is -4.11. The number of ether oxygens (including phenoxy) is 1. The van der Waals surface area contributed by atoms with Crippen LogP contribution in [0.15, 0.2) is 30.9 Å². The van der Waals surface area contributed by atoms with Gasteiger partial charge < -0.3 is 20.3 Å². The third-order valence-electron chi connectivity index (χ3n) is 9.75. The molecular formula is C32H32F5N7O2S. The zero-order valence-corrected chi connectivity index (χ0v) is 26.5. The summed E-state index contributed by atoms with van der Waals surface area (Å²) in [5.41, 5.74) is 3.12. The van der Waals surface area contributed by atoms with Crippen molar-refractivity contribution in [2.24, 2.45) is 5.41 Å². The summed E-state index contributed by atoms with van der Waals surface area (Å²) in [5, 5.41) is -0.263. The Balaban J connectivity index is 1.39. The maximum absolute atomic E-state index is 16.8. The van der Waals surface area contributed by atoms with Crippen LogP contribution in [0.3, 0.4) is 0 Å². The summed E-state index contributed by atoms with van der Waals surface area (Å²) >= 11 is 0.758. The number of fused-ring (bicyclic) bond motifs is 2. The molecule has 2 aromatic heterocycles. The number of thiazole rings is 1. The molecule has 3 aliphatic rings. The number of amides is 1. The number of nitrogen functional groups attached to an aromatic ring is 1. The number of carbonyl (C=O) groups is 1. The first-order chi connectivity index (χ1) is 22.3. The topological polar surface area (TPSA) is 101 Å². The maximum atomic E-state index is 16.8. The lowest BCUT2D eigenvalue weighted by Crippen LogP contribution is -2.37. The fourth-order valence-corrected chi connectivity index (χ4v) is 7.80. The highest BCUT2D eigenvalue weighted by Crippen LogP contribution is 2.54. The predicted molar refractivity (Wildman–Crippen MR) is 169 cm³/mol. The van der Waals surface area contributed by atoms with Gasteiger partial charge in [-0.2, -0.15) is 23.1 Å². The Morgan fingerprint density at radius 1 is 1.23 bits per heavy atom. The van der Waals surface area contributed by atoms with E-state index in [9.17, 15) is 22.4 Å². The molecule has 1 spiro atoms. The number of likely N-dealkylation sites (N-methyl/N-ethyl adjacent to an activating group) is 2. The molecule has 4 aromatic rings. The summed E-state index contributed by atoms with van der Waals surface area (Å²) in [5.74, 6) is -2.25. The molecule has 1 amide bonds. The smallest absolute Gasteiger partial charge is 0.417 e. The normalized spacial score (nSPS) is 20.9. The third kappa shape index (κ3) is 5.52. The number of aromatic nitrogens is 3. The summed E-state index contributed by atoms with van der Waals surface area (Å²) in [7, 11) is 3.65. The number of nitrogens with two attached hydrogens (primary N) is 1. The van der Waals surface area contributed by atoms with Crippen molar-refractivity contribution in [3.63, 3.8) is 0 Å². The zero-order valence-electron chi connectivity index (χ0n) is 25.7. The van der Waals surface area contributed by atoms with E-state index in [4.69, 9.17) is 10.5 Å². The molecule has 7 rings (SSSR count). The molecule has 15 heteroatoms. The molecule has 1 aliphatic carbocycles. The number of alkyl halides is 3. The summed E-state index contributed by atoms with van der Waals surface area (Å²) < 4.78 is 81.8. The van der Waals surface area contributed by atoms with Crippen molar-refractivity contribution >= 4 is 49.3 Å². The number of carbonyl (C=O) groups excluding carboxylic acids is 1. The summed E-state index contributed by atoms with van der Waals surface area (Å²) in [4.78, 5) is 30.7. The first kappa shape index (κ1) is 31.5. The van der Waals surface area contributed by atoms with Crippen LogP contribution in [0.5, 0.6) is 6.01 Å². The van der Waals surface area contributed by atoms with Crippen molar-refractivity contribution in [2.75, 3.05) is 51.0 Å². The number of benzene rings is 2. The van der Waals surface area contributed by atoms with Gasteiger partial charge >= 0.3 is 12.2 Å². The second-order valence-corrected chi connectivity index (χ2v) is 13.8. The Morgan fingerprint density at radius 2 is 2.00 bits per heavy atom. The van der Waals surface area contributed by atoms with Crippen molar-refractivity contribution in [2.45, 2.75) is 43.9 Å². The van der Waals surface area contributed by atoms with Crippen LogP contribution in [0.4, 0.5) is 32.9 Å². The minimum Gasteiger partial charge on any atom is -0.462 e. The molecule has 1 saturated carbocycles. The second-order valence-electron chi connectivity index (χ2n) is 12.8. The van der Waals surface area contributed by atoms with Crippen LogP contribution < -0.4 is 15.4 Å². The van der Waals surface area contributed by atoms with Gasteiger partial charge in [-0.1, -0.05) is 17.9 Å². The van der Waals surface area contributed by atoms with E-state index < -0.39 is 34.5 Å². The van der Waals surface area contributed by atoms with Crippen LogP contribution >= 0.6 is 11.3 Å². The van der Waals surface area contributed by atoms with E-state index in [1.54, 1.807) is 16.8 Å². The van der Waals surface area contributed by atoms with Crippen LogP contribution in [0, 0.1) is 17.0 Å². The predicted octanol–water partition coefficient (Wildman–Crippen LogP) is 5.87. The largest absolute Gasteiger partial charge is 0.462 e. The maximum Gasteiger partial charge on any atom is 0.417 e. The van der Waals surface area contributed by atoms with Crippen LogP contribution in [-0.2, 0) is 11.0 Å². The van der Waals surface area contributed by atoms with Gasteiger partial charge in [0.2, 0.25) is 5.91 Å². The molecular weight excluding hydrogens is 641 g/mol. The standard InChI is InChI=1S/C32H32F5N7O2S/c1-4-22(45)44-10-7-16(13-44)43(3)28-19-11-20(32(35,36)37)23(18-5-6-21(33)27-26(18)39-29(38)47-27)24(34)25(19)40-30(41-28)46-14-17-12-31(8-9-31)15-42(17)2/h4-6,11,16-17H,1,7-10,12-15H2,2-3H3,(H2,38,39)/t16-,17+/m1/s1. The van der Waals surface area contributed by atoms with Gasteiger partial charge in [-0.15, -0.1) is 0 Å². The highest BCUT2D eigenvalue weighted by atomic mass is 32.1. The van der Waals surface area contributed by atoms with Gasteiger partial charge in [-0.25, -0.2) is 13.8 Å². The number of rotatable bonds is 7. The summed E-state index contributed by atoms with van der Waals surface area (Å²) in [6, 6.07) is 2.39. The molecule has 3 fully saturated rings. The zero-order chi connectivity index (χ0) is 33.4. The third-order valence-corrected chi connectivity index (χ3v) is 10.6. The number of hydrogen-bond acceptors (Lipinski definition) is 9. The van der Waals surface area contributed by atoms with Crippen molar-refractivity contribution in [3.8, 4) is 17.1 Å². The molecule has 2 atom stereocenters. The lowest BCUT2D eigenvalue weighted by Gasteiger charge is -2.28. The fourth-order valence-electron chi connectivity index (χ4n) is 7.04. The van der Waals surface area contributed by atoms with E-state index in [0.717, 1.165) is 55.3 Å². The molecule has 248 valence electrons. The van der Waals surface area contributed by atoms with E-state index in [0.29, 0.717) is 18.4 Å². The average Bonchev–Trinajstić information content (AvgIpc) is 3.33. The Morgan fingerprint density at radius 3 is 2.68 bits per heavy atom. The first-order valence-corrected chi connectivity index (χ1v) is 16.0. The van der Waals surface area contributed by atoms with Crippen molar-refractivity contribution in [1.29, 1.82) is 0 Å². The van der Waals surface area contributed by atoms with Gasteiger partial charge in [-0.3, -0.25) is 9.69 Å². The summed E-state index contributed by atoms with van der Waals surface area (Å²) in [6.45, 7) is 5.37.